The maximum Gasteiger partial charge on any atom is 0.251 e. The Morgan fingerprint density at radius 1 is 0.921 bits per heavy atom. The number of benzene rings is 3. The summed E-state index contributed by atoms with van der Waals surface area (Å²) >= 11 is 2.18. The summed E-state index contributed by atoms with van der Waals surface area (Å²) in [4.78, 5) is 16.6. The molecular weight excluding hydrogens is 611 g/mol. The average Bonchev–Trinajstić information content (AvgIpc) is 2.90. The highest BCUT2D eigenvalue weighted by molar-refractivity contribution is 14.1. The normalized spacial score (nSPS) is 11.3. The number of amides is 1. The number of rotatable bonds is 8. The van der Waals surface area contributed by atoms with Crippen LogP contribution in [-0.2, 0) is 9.84 Å². The van der Waals surface area contributed by atoms with Crippen LogP contribution in [0.2, 0.25) is 0 Å². The molecule has 9 heteroatoms. The SMILES string of the molecule is CNC(=O)c1ccc(-c2ccc(Nc3cc(Nc4ccccc4S(=O)(=O)C(C)C)c(I)cn3)cc2C)cc1. The van der Waals surface area contributed by atoms with Crippen molar-refractivity contribution in [3.8, 4) is 11.1 Å². The first-order valence-electron chi connectivity index (χ1n) is 12.1. The van der Waals surface area contributed by atoms with Crippen molar-refractivity contribution in [1.82, 2.24) is 10.3 Å². The lowest BCUT2D eigenvalue weighted by Gasteiger charge is -2.16. The van der Waals surface area contributed by atoms with Gasteiger partial charge < -0.3 is 16.0 Å². The van der Waals surface area contributed by atoms with E-state index in [1.54, 1.807) is 45.3 Å². The number of aryl methyl sites for hydroxylation is 1. The van der Waals surface area contributed by atoms with Crippen molar-refractivity contribution in [2.75, 3.05) is 17.7 Å². The van der Waals surface area contributed by atoms with E-state index in [9.17, 15) is 13.2 Å². The Balaban J connectivity index is 1.57. The van der Waals surface area contributed by atoms with E-state index in [1.807, 2.05) is 61.5 Å². The molecule has 1 aromatic heterocycles. The lowest BCUT2D eigenvalue weighted by Crippen LogP contribution is -2.17. The Hall–Kier alpha value is -3.44. The second-order valence-electron chi connectivity index (χ2n) is 9.08. The largest absolute Gasteiger partial charge is 0.355 e. The standard InChI is InChI=1S/C29H29IN4O3S/c1-18(2)38(36,37)27-8-6-5-7-25(27)34-26-16-28(32-17-24(26)30)33-22-13-14-23(19(3)15-22)20-9-11-21(12-10-20)29(35)31-4/h5-18H,1-4H3,(H,31,35)(H2,32,33,34). The molecule has 196 valence electrons. The first kappa shape index (κ1) is 27.6. The predicted octanol–water partition coefficient (Wildman–Crippen LogP) is 6.69. The van der Waals surface area contributed by atoms with Gasteiger partial charge in [0.25, 0.3) is 5.91 Å². The number of sulfone groups is 1. The van der Waals surface area contributed by atoms with Crippen LogP contribution < -0.4 is 16.0 Å². The van der Waals surface area contributed by atoms with Gasteiger partial charge in [-0.1, -0.05) is 30.3 Å². The summed E-state index contributed by atoms with van der Waals surface area (Å²) in [5, 5.41) is 8.74. The molecule has 0 aliphatic rings. The van der Waals surface area contributed by atoms with Crippen LogP contribution in [0.3, 0.4) is 0 Å². The second kappa shape index (κ2) is 11.5. The second-order valence-corrected chi connectivity index (χ2v) is 12.7. The van der Waals surface area contributed by atoms with E-state index in [0.29, 0.717) is 17.1 Å². The number of carbonyl (C=O) groups excluding carboxylic acids is 1. The van der Waals surface area contributed by atoms with Crippen LogP contribution in [0.15, 0.2) is 83.9 Å². The highest BCUT2D eigenvalue weighted by Crippen LogP contribution is 2.32. The minimum absolute atomic E-state index is 0.114. The highest BCUT2D eigenvalue weighted by atomic mass is 127. The Bertz CT molecular complexity index is 1590. The minimum Gasteiger partial charge on any atom is -0.355 e. The molecule has 0 spiro atoms. The molecule has 4 aromatic rings. The number of nitrogens with zero attached hydrogens (tertiary/aromatic N) is 1. The molecular formula is C29H29IN4O3S. The van der Waals surface area contributed by atoms with Gasteiger partial charge in [-0.15, -0.1) is 0 Å². The van der Waals surface area contributed by atoms with Gasteiger partial charge in [0.2, 0.25) is 0 Å². The molecule has 0 saturated carbocycles. The molecule has 3 N–H and O–H groups in total. The Kier molecular flexibility index (Phi) is 8.37. The molecule has 0 aliphatic carbocycles. The lowest BCUT2D eigenvalue weighted by molar-refractivity contribution is 0.0963. The van der Waals surface area contributed by atoms with E-state index >= 15 is 0 Å². The third-order valence-corrected chi connectivity index (χ3v) is 9.19. The molecule has 7 nitrogen and oxygen atoms in total. The van der Waals surface area contributed by atoms with Crippen LogP contribution in [0.1, 0.15) is 29.8 Å². The van der Waals surface area contributed by atoms with Crippen molar-refractivity contribution < 1.29 is 13.2 Å². The topological polar surface area (TPSA) is 100 Å². The molecule has 0 aliphatic heterocycles. The number of hydrogen-bond donors (Lipinski definition) is 3. The molecule has 38 heavy (non-hydrogen) atoms. The minimum atomic E-state index is -3.46. The molecule has 0 atom stereocenters. The summed E-state index contributed by atoms with van der Waals surface area (Å²) in [5.41, 5.74) is 5.93. The van der Waals surface area contributed by atoms with Gasteiger partial charge in [-0.25, -0.2) is 13.4 Å². The van der Waals surface area contributed by atoms with Crippen LogP contribution in [0.4, 0.5) is 22.9 Å². The first-order valence-corrected chi connectivity index (χ1v) is 14.7. The maximum atomic E-state index is 12.9. The van der Waals surface area contributed by atoms with Crippen molar-refractivity contribution in [2.45, 2.75) is 30.9 Å². The zero-order chi connectivity index (χ0) is 27.4. The number of carbonyl (C=O) groups is 1. The van der Waals surface area contributed by atoms with Gasteiger partial charge in [-0.2, -0.15) is 0 Å². The smallest absolute Gasteiger partial charge is 0.251 e. The molecule has 0 saturated heterocycles. The molecule has 1 heterocycles. The van der Waals surface area contributed by atoms with E-state index in [0.717, 1.165) is 31.6 Å². The summed E-state index contributed by atoms with van der Waals surface area (Å²) in [7, 11) is -1.84. The number of halogens is 1. The van der Waals surface area contributed by atoms with E-state index in [2.05, 4.69) is 43.5 Å². The van der Waals surface area contributed by atoms with Gasteiger partial charge in [0.1, 0.15) is 5.82 Å². The average molecular weight is 641 g/mol. The van der Waals surface area contributed by atoms with Crippen LogP contribution in [0, 0.1) is 10.5 Å². The van der Waals surface area contributed by atoms with Crippen molar-refractivity contribution in [3.05, 3.63) is 93.7 Å². The number of para-hydroxylation sites is 1. The first-order chi connectivity index (χ1) is 18.1. The van der Waals surface area contributed by atoms with E-state index < -0.39 is 15.1 Å². The van der Waals surface area contributed by atoms with Crippen LogP contribution >= 0.6 is 22.6 Å². The fourth-order valence-corrected chi connectivity index (χ4v) is 5.61. The summed E-state index contributed by atoms with van der Waals surface area (Å²) in [6, 6.07) is 22.4. The maximum absolute atomic E-state index is 12.9. The van der Waals surface area contributed by atoms with Gasteiger partial charge in [0, 0.05) is 30.6 Å². The molecule has 3 aromatic carbocycles. The molecule has 0 radical (unpaired) electrons. The fraction of sp³-hybridized carbons (Fsp3) is 0.172. The fourth-order valence-electron chi connectivity index (χ4n) is 3.98. The van der Waals surface area contributed by atoms with E-state index in [4.69, 9.17) is 0 Å². The van der Waals surface area contributed by atoms with Gasteiger partial charge in [0.05, 0.1) is 25.1 Å². The van der Waals surface area contributed by atoms with E-state index in [1.165, 1.54) is 0 Å². The number of aromatic nitrogens is 1. The summed E-state index contributed by atoms with van der Waals surface area (Å²) < 4.78 is 26.6. The van der Waals surface area contributed by atoms with Crippen LogP contribution in [0.25, 0.3) is 11.1 Å². The summed E-state index contributed by atoms with van der Waals surface area (Å²) in [6.07, 6.45) is 1.74. The third-order valence-electron chi connectivity index (χ3n) is 6.12. The highest BCUT2D eigenvalue weighted by Gasteiger charge is 2.22. The molecule has 4 rings (SSSR count). The third kappa shape index (κ3) is 5.99. The molecule has 1 amide bonds. The van der Waals surface area contributed by atoms with Crippen molar-refractivity contribution in [2.24, 2.45) is 0 Å². The van der Waals surface area contributed by atoms with Gasteiger partial charge in [0.15, 0.2) is 9.84 Å². The van der Waals surface area contributed by atoms with Gasteiger partial charge in [-0.05, 0) is 96.5 Å². The lowest BCUT2D eigenvalue weighted by atomic mass is 9.99. The predicted molar refractivity (Wildman–Crippen MR) is 162 cm³/mol. The summed E-state index contributed by atoms with van der Waals surface area (Å²) in [5.74, 6) is 0.510. The zero-order valence-corrected chi connectivity index (χ0v) is 24.5. The monoisotopic (exact) mass is 640 g/mol. The van der Waals surface area contributed by atoms with E-state index in [-0.39, 0.29) is 10.8 Å². The van der Waals surface area contributed by atoms with Crippen LogP contribution in [0.5, 0.6) is 0 Å². The number of pyridine rings is 1. The molecule has 0 fully saturated rings. The molecule has 0 bridgehead atoms. The Labute approximate surface area is 237 Å². The van der Waals surface area contributed by atoms with Crippen LogP contribution in [-0.4, -0.2) is 31.6 Å². The number of nitrogens with one attached hydrogen (secondary N) is 3. The number of anilines is 4. The summed E-state index contributed by atoms with van der Waals surface area (Å²) in [6.45, 7) is 5.39. The van der Waals surface area contributed by atoms with Gasteiger partial charge >= 0.3 is 0 Å². The zero-order valence-electron chi connectivity index (χ0n) is 21.5. The van der Waals surface area contributed by atoms with Crippen molar-refractivity contribution in [1.29, 1.82) is 0 Å². The van der Waals surface area contributed by atoms with Crippen molar-refractivity contribution >= 4 is 61.2 Å². The van der Waals surface area contributed by atoms with Gasteiger partial charge in [-0.3, -0.25) is 4.79 Å². The quantitative estimate of drug-likeness (QED) is 0.186. The molecule has 0 unspecified atom stereocenters. The Morgan fingerprint density at radius 2 is 1.63 bits per heavy atom. The van der Waals surface area contributed by atoms with Crippen molar-refractivity contribution in [3.63, 3.8) is 0 Å². The Morgan fingerprint density at radius 3 is 2.29 bits per heavy atom. The number of hydrogen-bond acceptors (Lipinski definition) is 6.